The van der Waals surface area contributed by atoms with Crippen LogP contribution in [0.5, 0.6) is 23.0 Å². The molecule has 0 aliphatic heterocycles. The van der Waals surface area contributed by atoms with Crippen LogP contribution in [0.15, 0.2) is 59.8 Å². The van der Waals surface area contributed by atoms with Gasteiger partial charge in [-0.1, -0.05) is 23.9 Å². The molecule has 3 aromatic carbocycles. The fourth-order valence-corrected chi connectivity index (χ4v) is 5.06. The number of benzene rings is 3. The minimum Gasteiger partial charge on any atom is -0.494 e. The van der Waals surface area contributed by atoms with Crippen LogP contribution in [-0.4, -0.2) is 60.3 Å². The molecule has 0 spiro atoms. The Morgan fingerprint density at radius 1 is 0.907 bits per heavy atom. The molecule has 11 nitrogen and oxygen atoms in total. The Morgan fingerprint density at radius 3 is 2.23 bits per heavy atom. The SMILES string of the molecule is CCOc1ccc(-n2c(CNC(=O)c3cc(OC)c(OC)c(OC)c3)nnc2SCC(=O)Nc2cc(C)ccc2C)cc1. The van der Waals surface area contributed by atoms with Crippen molar-refractivity contribution in [2.75, 3.05) is 39.0 Å². The van der Waals surface area contributed by atoms with E-state index in [1.54, 1.807) is 16.7 Å². The predicted molar refractivity (Wildman–Crippen MR) is 165 cm³/mol. The van der Waals surface area contributed by atoms with Crippen molar-refractivity contribution in [1.29, 1.82) is 0 Å². The maximum Gasteiger partial charge on any atom is 0.251 e. The van der Waals surface area contributed by atoms with E-state index in [9.17, 15) is 9.59 Å². The fourth-order valence-electron chi connectivity index (χ4n) is 4.29. The molecule has 4 rings (SSSR count). The lowest BCUT2D eigenvalue weighted by Crippen LogP contribution is -2.25. The van der Waals surface area contributed by atoms with E-state index < -0.39 is 0 Å². The van der Waals surface area contributed by atoms with Crippen LogP contribution in [0.2, 0.25) is 0 Å². The number of anilines is 1. The molecule has 43 heavy (non-hydrogen) atoms. The van der Waals surface area contributed by atoms with Crippen molar-refractivity contribution in [3.8, 4) is 28.7 Å². The number of nitrogens with one attached hydrogen (secondary N) is 2. The number of nitrogens with zero attached hydrogens (tertiary/aromatic N) is 3. The number of amides is 2. The van der Waals surface area contributed by atoms with Gasteiger partial charge in [-0.2, -0.15) is 0 Å². The van der Waals surface area contributed by atoms with E-state index in [0.29, 0.717) is 40.4 Å². The van der Waals surface area contributed by atoms with Crippen LogP contribution < -0.4 is 29.6 Å². The van der Waals surface area contributed by atoms with Gasteiger partial charge in [0.05, 0.1) is 40.2 Å². The number of aryl methyl sites for hydroxylation is 2. The Kier molecular flexibility index (Phi) is 10.5. The van der Waals surface area contributed by atoms with Crippen LogP contribution in [0.4, 0.5) is 5.69 Å². The van der Waals surface area contributed by atoms with Gasteiger partial charge in [-0.3, -0.25) is 14.2 Å². The highest BCUT2D eigenvalue weighted by Crippen LogP contribution is 2.38. The number of hydrogen-bond acceptors (Lipinski definition) is 9. The summed E-state index contributed by atoms with van der Waals surface area (Å²) < 4.78 is 23.5. The molecule has 2 N–H and O–H groups in total. The van der Waals surface area contributed by atoms with Crippen LogP contribution in [0, 0.1) is 13.8 Å². The van der Waals surface area contributed by atoms with Crippen LogP contribution >= 0.6 is 11.8 Å². The molecular weight excluding hydrogens is 570 g/mol. The Balaban J connectivity index is 1.56. The summed E-state index contributed by atoms with van der Waals surface area (Å²) in [4.78, 5) is 26.0. The molecular formula is C31H35N5O6S. The molecule has 0 saturated heterocycles. The molecule has 226 valence electrons. The average molecular weight is 606 g/mol. The number of ether oxygens (including phenoxy) is 4. The highest BCUT2D eigenvalue weighted by Gasteiger charge is 2.20. The Morgan fingerprint density at radius 2 is 1.60 bits per heavy atom. The van der Waals surface area contributed by atoms with Gasteiger partial charge in [0.1, 0.15) is 5.75 Å². The van der Waals surface area contributed by atoms with Gasteiger partial charge in [0.15, 0.2) is 22.5 Å². The normalized spacial score (nSPS) is 10.7. The summed E-state index contributed by atoms with van der Waals surface area (Å²) in [7, 11) is 4.47. The van der Waals surface area contributed by atoms with Crippen molar-refractivity contribution in [3.63, 3.8) is 0 Å². The van der Waals surface area contributed by atoms with Crippen molar-refractivity contribution >= 4 is 29.3 Å². The van der Waals surface area contributed by atoms with Gasteiger partial charge in [-0.25, -0.2) is 0 Å². The number of thioether (sulfide) groups is 1. The lowest BCUT2D eigenvalue weighted by molar-refractivity contribution is -0.113. The zero-order chi connectivity index (χ0) is 30.9. The number of methoxy groups -OCH3 is 3. The molecule has 1 aromatic heterocycles. The topological polar surface area (TPSA) is 126 Å². The predicted octanol–water partition coefficient (Wildman–Crippen LogP) is 4.97. The lowest BCUT2D eigenvalue weighted by atomic mass is 10.1. The van der Waals surface area contributed by atoms with E-state index in [1.165, 1.54) is 33.1 Å². The molecule has 12 heteroatoms. The van der Waals surface area contributed by atoms with Crippen molar-refractivity contribution in [1.82, 2.24) is 20.1 Å². The number of rotatable bonds is 13. The first-order valence-electron chi connectivity index (χ1n) is 13.5. The van der Waals surface area contributed by atoms with Crippen LogP contribution in [0.3, 0.4) is 0 Å². The van der Waals surface area contributed by atoms with E-state index in [4.69, 9.17) is 18.9 Å². The molecule has 0 bridgehead atoms. The third-order valence-corrected chi connectivity index (χ3v) is 7.37. The van der Waals surface area contributed by atoms with Gasteiger partial charge in [-0.15, -0.1) is 10.2 Å². The Labute approximate surface area is 254 Å². The molecule has 0 fully saturated rings. The van der Waals surface area contributed by atoms with Gasteiger partial charge in [0.2, 0.25) is 11.7 Å². The summed E-state index contributed by atoms with van der Waals surface area (Å²) >= 11 is 1.25. The molecule has 0 saturated carbocycles. The Bertz CT molecular complexity index is 1560. The lowest BCUT2D eigenvalue weighted by Gasteiger charge is -2.14. The van der Waals surface area contributed by atoms with E-state index in [1.807, 2.05) is 63.2 Å². The second kappa shape index (κ2) is 14.5. The number of aromatic nitrogens is 3. The molecule has 1 heterocycles. The van der Waals surface area contributed by atoms with Crippen LogP contribution in [-0.2, 0) is 11.3 Å². The van der Waals surface area contributed by atoms with Crippen LogP contribution in [0.1, 0.15) is 34.2 Å². The standard InChI is InChI=1S/C31H35N5O6S/c1-7-42-23-12-10-22(11-13-23)36-27(17-32-30(38)21-15-25(39-4)29(41-6)26(16-21)40-5)34-35-31(36)43-18-28(37)33-24-14-19(2)8-9-20(24)3/h8-16H,7,17-18H2,1-6H3,(H,32,38)(H,33,37). The summed E-state index contributed by atoms with van der Waals surface area (Å²) in [5.41, 5.74) is 3.88. The monoisotopic (exact) mass is 605 g/mol. The fraction of sp³-hybridized carbons (Fsp3) is 0.290. The second-order valence-electron chi connectivity index (χ2n) is 9.41. The third kappa shape index (κ3) is 7.58. The molecule has 2 amide bonds. The molecule has 0 radical (unpaired) electrons. The summed E-state index contributed by atoms with van der Waals surface area (Å²) in [6, 6.07) is 16.5. The number of carbonyl (C=O) groups excluding carboxylic acids is 2. The van der Waals surface area contributed by atoms with Crippen LogP contribution in [0.25, 0.3) is 5.69 Å². The zero-order valence-electron chi connectivity index (χ0n) is 25.0. The molecule has 0 aliphatic rings. The van der Waals surface area contributed by atoms with E-state index in [2.05, 4.69) is 20.8 Å². The van der Waals surface area contributed by atoms with E-state index in [0.717, 1.165) is 28.3 Å². The minimum atomic E-state index is -0.373. The summed E-state index contributed by atoms with van der Waals surface area (Å²) in [5.74, 6) is 1.88. The smallest absolute Gasteiger partial charge is 0.251 e. The highest BCUT2D eigenvalue weighted by molar-refractivity contribution is 7.99. The summed E-state index contributed by atoms with van der Waals surface area (Å²) in [6.07, 6.45) is 0. The third-order valence-electron chi connectivity index (χ3n) is 6.44. The maximum atomic E-state index is 13.2. The summed E-state index contributed by atoms with van der Waals surface area (Å²) in [6.45, 7) is 6.45. The van der Waals surface area contributed by atoms with Crippen molar-refractivity contribution in [2.45, 2.75) is 32.5 Å². The molecule has 4 aromatic rings. The van der Waals surface area contributed by atoms with E-state index in [-0.39, 0.29) is 24.1 Å². The van der Waals surface area contributed by atoms with Crippen molar-refractivity contribution in [3.05, 3.63) is 77.1 Å². The maximum absolute atomic E-state index is 13.2. The molecule has 0 atom stereocenters. The van der Waals surface area contributed by atoms with Gasteiger partial charge in [-0.05, 0) is 74.4 Å². The first-order chi connectivity index (χ1) is 20.8. The molecule has 0 aliphatic carbocycles. The van der Waals surface area contributed by atoms with Gasteiger partial charge in [0.25, 0.3) is 5.91 Å². The first kappa shape index (κ1) is 31.2. The van der Waals surface area contributed by atoms with Gasteiger partial charge >= 0.3 is 0 Å². The molecule has 0 unspecified atom stereocenters. The van der Waals surface area contributed by atoms with Gasteiger partial charge < -0.3 is 29.6 Å². The highest BCUT2D eigenvalue weighted by atomic mass is 32.2. The minimum absolute atomic E-state index is 0.0605. The van der Waals surface area contributed by atoms with Gasteiger partial charge in [0, 0.05) is 16.9 Å². The first-order valence-corrected chi connectivity index (χ1v) is 14.5. The number of hydrogen-bond donors (Lipinski definition) is 2. The van der Waals surface area contributed by atoms with Crippen molar-refractivity contribution in [2.24, 2.45) is 0 Å². The van der Waals surface area contributed by atoms with E-state index >= 15 is 0 Å². The quantitative estimate of drug-likeness (QED) is 0.203. The second-order valence-corrected chi connectivity index (χ2v) is 10.4. The average Bonchev–Trinajstić information content (AvgIpc) is 3.43. The number of carbonyl (C=O) groups is 2. The summed E-state index contributed by atoms with van der Waals surface area (Å²) in [5, 5.41) is 15.1. The zero-order valence-corrected chi connectivity index (χ0v) is 25.8. The van der Waals surface area contributed by atoms with Crippen molar-refractivity contribution < 1.29 is 28.5 Å². The Hall–Kier alpha value is -4.71. The largest absolute Gasteiger partial charge is 0.494 e.